The third-order valence-corrected chi connectivity index (χ3v) is 5.69. The minimum atomic E-state index is -0.175. The third kappa shape index (κ3) is 4.45. The lowest BCUT2D eigenvalue weighted by molar-refractivity contribution is -0.241. The average Bonchev–Trinajstić information content (AvgIpc) is 2.91. The molecule has 0 aromatic rings. The molecule has 2 fully saturated rings. The first-order chi connectivity index (χ1) is 10.8. The van der Waals surface area contributed by atoms with E-state index in [9.17, 15) is 4.79 Å². The summed E-state index contributed by atoms with van der Waals surface area (Å²) in [6, 6.07) is 0. The van der Waals surface area contributed by atoms with Gasteiger partial charge in [-0.2, -0.15) is 0 Å². The van der Waals surface area contributed by atoms with Gasteiger partial charge in [0, 0.05) is 5.92 Å². The summed E-state index contributed by atoms with van der Waals surface area (Å²) >= 11 is 0. The summed E-state index contributed by atoms with van der Waals surface area (Å²) in [6.07, 6.45) is 10.1. The van der Waals surface area contributed by atoms with Crippen LogP contribution in [0.5, 0.6) is 0 Å². The van der Waals surface area contributed by atoms with Gasteiger partial charge in [-0.3, -0.25) is 4.79 Å². The second kappa shape index (κ2) is 7.48. The van der Waals surface area contributed by atoms with Gasteiger partial charge in [0.25, 0.3) is 0 Å². The van der Waals surface area contributed by atoms with Crippen molar-refractivity contribution in [3.63, 3.8) is 0 Å². The number of rotatable bonds is 8. The third-order valence-electron chi connectivity index (χ3n) is 5.69. The Bertz CT molecular complexity index is 442. The van der Waals surface area contributed by atoms with Crippen LogP contribution in [0, 0.1) is 11.8 Å². The lowest BCUT2D eigenvalue weighted by atomic mass is 9.88. The van der Waals surface area contributed by atoms with Crippen LogP contribution < -0.4 is 0 Å². The maximum Gasteiger partial charge on any atom is 0.158 e. The Kier molecular flexibility index (Phi) is 6.07. The van der Waals surface area contributed by atoms with Gasteiger partial charge in [0.05, 0.1) is 23.9 Å². The van der Waals surface area contributed by atoms with Crippen molar-refractivity contribution in [1.82, 2.24) is 0 Å². The molecule has 0 saturated carbocycles. The monoisotopic (exact) mass is 322 g/mol. The Morgan fingerprint density at radius 1 is 1.35 bits per heavy atom. The predicted molar refractivity (Wildman–Crippen MR) is 93.5 cm³/mol. The van der Waals surface area contributed by atoms with Crippen LogP contribution in [0.15, 0.2) is 12.2 Å². The number of ether oxygens (including phenoxy) is 2. The zero-order valence-corrected chi connectivity index (χ0v) is 15.6. The number of carbonyl (C=O) groups excluding carboxylic acids is 1. The van der Waals surface area contributed by atoms with Crippen molar-refractivity contribution in [1.29, 1.82) is 0 Å². The fourth-order valence-corrected chi connectivity index (χ4v) is 3.69. The predicted octanol–water partition coefficient (Wildman–Crippen LogP) is 4.69. The normalized spacial score (nSPS) is 35.1. The molecule has 1 unspecified atom stereocenters. The molecule has 2 saturated heterocycles. The first kappa shape index (κ1) is 18.7. The Balaban J connectivity index is 1.79. The number of carbonyl (C=O) groups is 1. The molecule has 2 bridgehead atoms. The van der Waals surface area contributed by atoms with E-state index in [4.69, 9.17) is 9.47 Å². The molecule has 132 valence electrons. The molecule has 0 aliphatic carbocycles. The molecule has 0 N–H and O–H groups in total. The quantitative estimate of drug-likeness (QED) is 0.608. The summed E-state index contributed by atoms with van der Waals surface area (Å²) in [6.45, 7) is 11.3. The van der Waals surface area contributed by atoms with E-state index in [2.05, 4.69) is 27.7 Å². The van der Waals surface area contributed by atoms with E-state index in [-0.39, 0.29) is 29.0 Å². The van der Waals surface area contributed by atoms with Crippen molar-refractivity contribution in [2.24, 2.45) is 11.8 Å². The largest absolute Gasteiger partial charge is 0.370 e. The molecule has 3 nitrogen and oxygen atoms in total. The van der Waals surface area contributed by atoms with Crippen LogP contribution in [0.25, 0.3) is 0 Å². The highest BCUT2D eigenvalue weighted by molar-refractivity contribution is 5.91. The van der Waals surface area contributed by atoms with Crippen LogP contribution in [0.2, 0.25) is 0 Å². The molecule has 4 atom stereocenters. The van der Waals surface area contributed by atoms with Gasteiger partial charge in [0.1, 0.15) is 0 Å². The van der Waals surface area contributed by atoms with Crippen LogP contribution in [-0.2, 0) is 14.3 Å². The molecule has 2 aliphatic rings. The second-order valence-electron chi connectivity index (χ2n) is 8.08. The summed E-state index contributed by atoms with van der Waals surface area (Å²) < 4.78 is 12.6. The zero-order chi connectivity index (χ0) is 17.1. The van der Waals surface area contributed by atoms with Gasteiger partial charge >= 0.3 is 0 Å². The number of hydrogen-bond acceptors (Lipinski definition) is 3. The van der Waals surface area contributed by atoms with Crippen molar-refractivity contribution < 1.29 is 14.3 Å². The van der Waals surface area contributed by atoms with E-state index in [1.807, 2.05) is 13.0 Å². The molecule has 0 aromatic carbocycles. The average molecular weight is 322 g/mol. The van der Waals surface area contributed by atoms with Crippen LogP contribution in [0.4, 0.5) is 0 Å². The van der Waals surface area contributed by atoms with Crippen LogP contribution in [0.3, 0.4) is 0 Å². The van der Waals surface area contributed by atoms with Crippen molar-refractivity contribution in [2.45, 2.75) is 90.4 Å². The second-order valence-corrected chi connectivity index (χ2v) is 8.08. The lowest BCUT2D eigenvalue weighted by Gasteiger charge is -2.44. The van der Waals surface area contributed by atoms with Gasteiger partial charge in [0.2, 0.25) is 0 Å². The first-order valence-electron chi connectivity index (χ1n) is 9.34. The highest BCUT2D eigenvalue weighted by atomic mass is 16.6. The van der Waals surface area contributed by atoms with Gasteiger partial charge in [0.15, 0.2) is 5.78 Å². The van der Waals surface area contributed by atoms with Crippen molar-refractivity contribution in [3.8, 4) is 0 Å². The van der Waals surface area contributed by atoms with Gasteiger partial charge in [-0.1, -0.05) is 33.8 Å². The minimum absolute atomic E-state index is 0.0188. The van der Waals surface area contributed by atoms with Crippen LogP contribution >= 0.6 is 0 Å². The van der Waals surface area contributed by atoms with Crippen LogP contribution in [-0.4, -0.2) is 29.7 Å². The van der Waals surface area contributed by atoms with E-state index in [1.54, 1.807) is 6.08 Å². The summed E-state index contributed by atoms with van der Waals surface area (Å²) in [5.41, 5.74) is -0.194. The van der Waals surface area contributed by atoms with Gasteiger partial charge in [-0.15, -0.1) is 0 Å². The molecule has 3 heteroatoms. The van der Waals surface area contributed by atoms with Gasteiger partial charge < -0.3 is 9.47 Å². The zero-order valence-electron chi connectivity index (χ0n) is 15.6. The number of ketones is 1. The number of fused-ring (bicyclic) bond motifs is 2. The molecule has 0 amide bonds. The fraction of sp³-hybridized carbons (Fsp3) is 0.850. The topological polar surface area (TPSA) is 35.5 Å². The maximum atomic E-state index is 12.1. The maximum absolute atomic E-state index is 12.1. The highest BCUT2D eigenvalue weighted by Gasteiger charge is 2.52. The van der Waals surface area contributed by atoms with Crippen molar-refractivity contribution >= 4 is 5.78 Å². The number of hydrogen-bond donors (Lipinski definition) is 0. The molecule has 0 radical (unpaired) electrons. The Labute approximate surface area is 141 Å². The Morgan fingerprint density at radius 2 is 2.09 bits per heavy atom. The molecule has 2 rings (SSSR count). The Morgan fingerprint density at radius 3 is 2.74 bits per heavy atom. The summed E-state index contributed by atoms with van der Waals surface area (Å²) in [4.78, 5) is 12.1. The van der Waals surface area contributed by atoms with Gasteiger partial charge in [-0.05, 0) is 57.4 Å². The highest BCUT2D eigenvalue weighted by Crippen LogP contribution is 2.46. The fourth-order valence-electron chi connectivity index (χ4n) is 3.69. The minimum Gasteiger partial charge on any atom is -0.370 e. The smallest absolute Gasteiger partial charge is 0.158 e. The van der Waals surface area contributed by atoms with E-state index in [1.165, 1.54) is 0 Å². The molecular formula is C20H34O3. The summed E-state index contributed by atoms with van der Waals surface area (Å²) in [5, 5.41) is 0. The number of allylic oxidation sites excluding steroid dienone is 2. The van der Waals surface area contributed by atoms with E-state index >= 15 is 0 Å². The Hall–Kier alpha value is -0.670. The van der Waals surface area contributed by atoms with E-state index in [0.29, 0.717) is 5.92 Å². The molecule has 0 spiro atoms. The SMILES string of the molecule is CC[C@@]12CC[C@@H](O1)[C@](C)(CCCC(C)C(=O)/C=C/C(C)C)OC2. The molecule has 0 aromatic heterocycles. The summed E-state index contributed by atoms with van der Waals surface area (Å²) in [5.74, 6) is 0.769. The lowest BCUT2D eigenvalue weighted by Crippen LogP contribution is -2.52. The van der Waals surface area contributed by atoms with E-state index in [0.717, 1.165) is 45.1 Å². The first-order valence-corrected chi connectivity index (χ1v) is 9.34. The molecule has 2 heterocycles. The molecule has 23 heavy (non-hydrogen) atoms. The molecule has 2 aliphatic heterocycles. The van der Waals surface area contributed by atoms with Crippen molar-refractivity contribution in [2.75, 3.05) is 6.61 Å². The van der Waals surface area contributed by atoms with Crippen molar-refractivity contribution in [3.05, 3.63) is 12.2 Å². The van der Waals surface area contributed by atoms with E-state index < -0.39 is 0 Å². The standard InChI is InChI=1S/C20H34O3/c1-6-20-13-11-18(23-20)19(5,22-14-20)12-7-8-16(4)17(21)10-9-15(2)3/h9-10,15-16,18H,6-8,11-14H2,1-5H3/b10-9+/t16?,18-,19+,20+/m1/s1. The van der Waals surface area contributed by atoms with Gasteiger partial charge in [-0.25, -0.2) is 0 Å². The van der Waals surface area contributed by atoms with Crippen LogP contribution in [0.1, 0.15) is 73.1 Å². The molecular weight excluding hydrogens is 288 g/mol. The summed E-state index contributed by atoms with van der Waals surface area (Å²) in [7, 11) is 0.